The number of benzene rings is 2. The third-order valence-corrected chi connectivity index (χ3v) is 6.67. The van der Waals surface area contributed by atoms with Crippen molar-refractivity contribution in [3.63, 3.8) is 0 Å². The Morgan fingerprint density at radius 2 is 1.94 bits per heavy atom. The lowest BCUT2D eigenvalue weighted by atomic mass is 10.0. The lowest BCUT2D eigenvalue weighted by molar-refractivity contribution is -0.120. The maximum atomic E-state index is 12.3. The minimum absolute atomic E-state index is 0.0602. The molecule has 1 unspecified atom stereocenters. The van der Waals surface area contributed by atoms with Crippen molar-refractivity contribution in [2.24, 2.45) is 0 Å². The molecule has 1 amide bonds. The molecule has 0 aliphatic carbocycles. The molecule has 1 atom stereocenters. The van der Waals surface area contributed by atoms with E-state index in [2.05, 4.69) is 38.6 Å². The van der Waals surface area contributed by atoms with Gasteiger partial charge in [0.2, 0.25) is 5.91 Å². The van der Waals surface area contributed by atoms with Gasteiger partial charge in [0.25, 0.3) is 5.19 Å². The van der Waals surface area contributed by atoms with Gasteiger partial charge in [0.15, 0.2) is 5.82 Å². The van der Waals surface area contributed by atoms with Gasteiger partial charge in [0.05, 0.1) is 6.42 Å². The Hall–Kier alpha value is -2.77. The fourth-order valence-electron chi connectivity index (χ4n) is 4.15. The van der Waals surface area contributed by atoms with Crippen LogP contribution in [0.15, 0.2) is 54.6 Å². The number of likely N-dealkylation sites (tertiary alicyclic amines) is 1. The summed E-state index contributed by atoms with van der Waals surface area (Å²) in [5.41, 5.74) is 2.14. The van der Waals surface area contributed by atoms with E-state index in [1.165, 1.54) is 42.9 Å². The van der Waals surface area contributed by atoms with Crippen molar-refractivity contribution in [2.75, 3.05) is 19.6 Å². The van der Waals surface area contributed by atoms with Gasteiger partial charge in [0.1, 0.15) is 5.75 Å². The van der Waals surface area contributed by atoms with Crippen LogP contribution in [0.3, 0.4) is 0 Å². The quantitative estimate of drug-likeness (QED) is 0.435. The van der Waals surface area contributed by atoms with Gasteiger partial charge in [-0.2, -0.15) is 9.36 Å². The molecule has 2 heterocycles. The summed E-state index contributed by atoms with van der Waals surface area (Å²) in [6, 6.07) is 18.4. The second kappa shape index (κ2) is 11.9. The van der Waals surface area contributed by atoms with Crippen LogP contribution < -0.4 is 10.1 Å². The second-order valence-corrected chi connectivity index (χ2v) is 9.36. The number of amides is 1. The molecule has 3 aromatic rings. The smallest absolute Gasteiger partial charge is 0.298 e. The zero-order valence-corrected chi connectivity index (χ0v) is 20.0. The Morgan fingerprint density at radius 3 is 2.73 bits per heavy atom. The van der Waals surface area contributed by atoms with E-state index < -0.39 is 0 Å². The summed E-state index contributed by atoms with van der Waals surface area (Å²) >= 11 is 1.25. The number of aromatic nitrogens is 2. The Balaban J connectivity index is 1.18. The Bertz CT molecular complexity index is 1010. The first-order chi connectivity index (χ1) is 16.2. The van der Waals surface area contributed by atoms with Crippen LogP contribution in [0.5, 0.6) is 10.9 Å². The van der Waals surface area contributed by atoms with Crippen molar-refractivity contribution < 1.29 is 9.53 Å². The predicted octanol–water partition coefficient (Wildman–Crippen LogP) is 4.84. The Kier molecular flexibility index (Phi) is 8.44. The van der Waals surface area contributed by atoms with Gasteiger partial charge in [-0.05, 0) is 56.0 Å². The Labute approximate surface area is 200 Å². The number of carbonyl (C=O) groups excluding carboxylic acids is 1. The molecule has 33 heavy (non-hydrogen) atoms. The van der Waals surface area contributed by atoms with Gasteiger partial charge >= 0.3 is 0 Å². The maximum absolute atomic E-state index is 12.3. The number of hydrogen-bond donors (Lipinski definition) is 1. The zero-order chi connectivity index (χ0) is 22.9. The average molecular weight is 465 g/mol. The van der Waals surface area contributed by atoms with Crippen molar-refractivity contribution in [3.05, 3.63) is 71.5 Å². The molecule has 1 fully saturated rings. The summed E-state index contributed by atoms with van der Waals surface area (Å²) < 4.78 is 10.2. The third kappa shape index (κ3) is 7.37. The first kappa shape index (κ1) is 23.4. The first-order valence-electron chi connectivity index (χ1n) is 11.8. The van der Waals surface area contributed by atoms with E-state index in [4.69, 9.17) is 4.74 Å². The molecule has 0 saturated carbocycles. The number of piperidine rings is 1. The molecule has 174 valence electrons. The molecule has 1 aliphatic heterocycles. The van der Waals surface area contributed by atoms with Gasteiger partial charge in [-0.25, -0.2) is 0 Å². The minimum Gasteiger partial charge on any atom is -0.430 e. The topological polar surface area (TPSA) is 67.4 Å². The van der Waals surface area contributed by atoms with E-state index in [-0.39, 0.29) is 5.91 Å². The summed E-state index contributed by atoms with van der Waals surface area (Å²) in [5.74, 6) is 1.51. The third-order valence-electron chi connectivity index (χ3n) is 6.03. The standard InChI is InChI=1S/C26H32N4O2S/c1-20-8-5-6-16-30(20)17-7-15-27-25(31)19-22-11-13-23(14-12-22)32-26-28-24(29-33-26)18-21-9-3-2-4-10-21/h2-4,9-14,20H,5-8,15-19H2,1H3,(H,27,31). The van der Waals surface area contributed by atoms with Crippen LogP contribution in [0, 0.1) is 0 Å². The van der Waals surface area contributed by atoms with E-state index >= 15 is 0 Å². The minimum atomic E-state index is 0.0602. The summed E-state index contributed by atoms with van der Waals surface area (Å²) in [5, 5.41) is 3.57. The summed E-state index contributed by atoms with van der Waals surface area (Å²) in [6.07, 6.45) is 5.99. The van der Waals surface area contributed by atoms with Gasteiger partial charge in [-0.15, -0.1) is 0 Å². The summed E-state index contributed by atoms with van der Waals surface area (Å²) in [6.45, 7) is 5.28. The van der Waals surface area contributed by atoms with Crippen LogP contribution in [0.4, 0.5) is 0 Å². The number of rotatable bonds is 10. The van der Waals surface area contributed by atoms with Crippen LogP contribution in [0.25, 0.3) is 0 Å². The monoisotopic (exact) mass is 464 g/mol. The van der Waals surface area contributed by atoms with Crippen molar-refractivity contribution >= 4 is 17.4 Å². The van der Waals surface area contributed by atoms with Gasteiger partial charge in [-0.1, -0.05) is 48.9 Å². The maximum Gasteiger partial charge on any atom is 0.298 e. The molecule has 1 N–H and O–H groups in total. The molecule has 2 aromatic carbocycles. The molecule has 4 rings (SSSR count). The van der Waals surface area contributed by atoms with Crippen molar-refractivity contribution in [2.45, 2.75) is 51.5 Å². The fraction of sp³-hybridized carbons (Fsp3) is 0.423. The fourth-order valence-corrected chi connectivity index (χ4v) is 4.72. The van der Waals surface area contributed by atoms with E-state index in [1.807, 2.05) is 42.5 Å². The van der Waals surface area contributed by atoms with Gasteiger partial charge in [-0.3, -0.25) is 4.79 Å². The van der Waals surface area contributed by atoms with Gasteiger partial charge in [0, 0.05) is 37.1 Å². The molecule has 1 aliphatic rings. The van der Waals surface area contributed by atoms with Crippen LogP contribution in [-0.4, -0.2) is 45.8 Å². The number of carbonyl (C=O) groups is 1. The number of ether oxygens (including phenoxy) is 1. The van der Waals surface area contributed by atoms with Crippen molar-refractivity contribution in [1.29, 1.82) is 0 Å². The van der Waals surface area contributed by atoms with Gasteiger partial charge < -0.3 is 15.0 Å². The molecular weight excluding hydrogens is 432 g/mol. The molecule has 6 nitrogen and oxygen atoms in total. The largest absolute Gasteiger partial charge is 0.430 e. The highest BCUT2D eigenvalue weighted by Crippen LogP contribution is 2.24. The highest BCUT2D eigenvalue weighted by atomic mass is 32.1. The molecule has 7 heteroatoms. The molecule has 0 bridgehead atoms. The first-order valence-corrected chi connectivity index (χ1v) is 12.6. The highest BCUT2D eigenvalue weighted by Gasteiger charge is 2.17. The second-order valence-electron chi connectivity index (χ2n) is 8.65. The van der Waals surface area contributed by atoms with Crippen LogP contribution in [-0.2, 0) is 17.6 Å². The predicted molar refractivity (Wildman–Crippen MR) is 132 cm³/mol. The normalized spacial score (nSPS) is 16.5. The zero-order valence-electron chi connectivity index (χ0n) is 19.2. The Morgan fingerprint density at radius 1 is 1.12 bits per heavy atom. The van der Waals surface area contributed by atoms with E-state index in [0.29, 0.717) is 29.8 Å². The molecule has 1 saturated heterocycles. The molecular formula is C26H32N4O2S. The van der Waals surface area contributed by atoms with Crippen molar-refractivity contribution in [1.82, 2.24) is 19.6 Å². The average Bonchev–Trinajstić information content (AvgIpc) is 3.26. The number of nitrogens with zero attached hydrogens (tertiary/aromatic N) is 3. The summed E-state index contributed by atoms with van der Waals surface area (Å²) in [7, 11) is 0. The van der Waals surface area contributed by atoms with Crippen molar-refractivity contribution in [3.8, 4) is 10.9 Å². The molecule has 1 aromatic heterocycles. The van der Waals surface area contributed by atoms with E-state index in [0.717, 1.165) is 30.9 Å². The highest BCUT2D eigenvalue weighted by molar-refractivity contribution is 7.07. The van der Waals surface area contributed by atoms with Crippen LogP contribution in [0.2, 0.25) is 0 Å². The summed E-state index contributed by atoms with van der Waals surface area (Å²) in [4.78, 5) is 19.3. The number of nitrogens with one attached hydrogen (secondary N) is 1. The van der Waals surface area contributed by atoms with Crippen LogP contribution >= 0.6 is 11.5 Å². The molecule has 0 spiro atoms. The lowest BCUT2D eigenvalue weighted by Gasteiger charge is -2.33. The number of hydrogen-bond acceptors (Lipinski definition) is 6. The SMILES string of the molecule is CC1CCCCN1CCCNC(=O)Cc1ccc(Oc2nc(Cc3ccccc3)ns2)cc1. The van der Waals surface area contributed by atoms with E-state index in [1.54, 1.807) is 0 Å². The van der Waals surface area contributed by atoms with E-state index in [9.17, 15) is 4.79 Å². The van der Waals surface area contributed by atoms with Crippen LogP contribution in [0.1, 0.15) is 49.6 Å². The lowest BCUT2D eigenvalue weighted by Crippen LogP contribution is -2.39. The molecule has 0 radical (unpaired) electrons.